The molecule has 0 bridgehead atoms. The molecule has 0 saturated carbocycles. The highest BCUT2D eigenvalue weighted by molar-refractivity contribution is 7.09. The van der Waals surface area contributed by atoms with E-state index < -0.39 is 0 Å². The number of hydrogen-bond donors (Lipinski definition) is 1. The van der Waals surface area contributed by atoms with E-state index in [0.29, 0.717) is 13.1 Å². The molecule has 0 atom stereocenters. The zero-order chi connectivity index (χ0) is 11.7. The predicted molar refractivity (Wildman–Crippen MR) is 68.8 cm³/mol. The van der Waals surface area contributed by atoms with E-state index in [1.54, 1.807) is 11.3 Å². The Balaban J connectivity index is 1.94. The molecule has 0 aliphatic carbocycles. The lowest BCUT2D eigenvalue weighted by molar-refractivity contribution is 0.697. The van der Waals surface area contributed by atoms with Crippen molar-refractivity contribution in [3.8, 4) is 0 Å². The largest absolute Gasteiger partial charge is 0.325 e. The van der Waals surface area contributed by atoms with E-state index in [9.17, 15) is 0 Å². The number of nitrogens with two attached hydrogens (primary N) is 1. The first-order chi connectivity index (χ1) is 8.36. The zero-order valence-corrected chi connectivity index (χ0v) is 10.0. The quantitative estimate of drug-likeness (QED) is 0.766. The van der Waals surface area contributed by atoms with Crippen molar-refractivity contribution in [2.24, 2.45) is 5.73 Å². The van der Waals surface area contributed by atoms with Gasteiger partial charge in [0.05, 0.1) is 24.0 Å². The molecule has 0 fully saturated rings. The van der Waals surface area contributed by atoms with Crippen molar-refractivity contribution >= 4 is 22.2 Å². The number of aromatic nitrogens is 3. The Morgan fingerprint density at radius 2 is 2.18 bits per heavy atom. The van der Waals surface area contributed by atoms with E-state index in [1.807, 2.05) is 28.4 Å². The average Bonchev–Trinajstić information content (AvgIpc) is 2.97. The lowest BCUT2D eigenvalue weighted by Crippen LogP contribution is -2.02. The maximum absolute atomic E-state index is 5.55. The van der Waals surface area contributed by atoms with Crippen LogP contribution in [0.3, 0.4) is 0 Å². The molecule has 0 aliphatic heterocycles. The van der Waals surface area contributed by atoms with E-state index in [4.69, 9.17) is 5.73 Å². The summed E-state index contributed by atoms with van der Waals surface area (Å²) in [6.07, 6.45) is 1.88. The minimum absolute atomic E-state index is 0.504. The van der Waals surface area contributed by atoms with Crippen molar-refractivity contribution in [3.05, 3.63) is 46.5 Å². The van der Waals surface area contributed by atoms with Crippen LogP contribution in [0.5, 0.6) is 0 Å². The molecule has 0 radical (unpaired) electrons. The van der Waals surface area contributed by atoms with Crippen molar-refractivity contribution in [1.29, 1.82) is 0 Å². The third-order valence-electron chi connectivity index (χ3n) is 2.64. The van der Waals surface area contributed by atoms with Crippen LogP contribution in [0.25, 0.3) is 10.9 Å². The normalized spacial score (nSPS) is 11.1. The fourth-order valence-corrected chi connectivity index (χ4v) is 2.49. The van der Waals surface area contributed by atoms with Crippen molar-refractivity contribution in [1.82, 2.24) is 14.8 Å². The smallest absolute Gasteiger partial charge is 0.107 e. The van der Waals surface area contributed by atoms with Gasteiger partial charge >= 0.3 is 0 Å². The molecular formula is C12H12N4S. The number of fused-ring (bicyclic) bond motifs is 1. The molecule has 4 nitrogen and oxygen atoms in total. The standard InChI is InChI=1S/C12H12N4S/c13-5-12-15-10(8-17-12)7-16-11-4-2-1-3-9(11)6-14-16/h1-4,6,8H,5,7,13H2. The molecule has 5 heteroatoms. The van der Waals surface area contributed by atoms with Crippen LogP contribution in [0.15, 0.2) is 35.8 Å². The minimum atomic E-state index is 0.504. The second kappa shape index (κ2) is 4.27. The molecule has 2 aromatic heterocycles. The van der Waals surface area contributed by atoms with Crippen molar-refractivity contribution < 1.29 is 0 Å². The highest BCUT2D eigenvalue weighted by Gasteiger charge is 2.05. The first-order valence-corrected chi connectivity index (χ1v) is 6.28. The number of thiazole rings is 1. The van der Waals surface area contributed by atoms with Gasteiger partial charge in [-0.15, -0.1) is 11.3 Å². The Kier molecular flexibility index (Phi) is 2.62. The monoisotopic (exact) mass is 244 g/mol. The summed E-state index contributed by atoms with van der Waals surface area (Å²) in [5, 5.41) is 8.54. The van der Waals surface area contributed by atoms with E-state index in [2.05, 4.69) is 22.2 Å². The minimum Gasteiger partial charge on any atom is -0.325 e. The summed E-state index contributed by atoms with van der Waals surface area (Å²) in [6.45, 7) is 1.20. The number of nitrogens with zero attached hydrogens (tertiary/aromatic N) is 3. The number of para-hydroxylation sites is 1. The Labute approximate surface area is 103 Å². The van der Waals surface area contributed by atoms with Crippen molar-refractivity contribution in [3.63, 3.8) is 0 Å². The number of benzene rings is 1. The molecule has 0 spiro atoms. The highest BCUT2D eigenvalue weighted by atomic mass is 32.1. The topological polar surface area (TPSA) is 56.7 Å². The Morgan fingerprint density at radius 1 is 1.29 bits per heavy atom. The summed E-state index contributed by atoms with van der Waals surface area (Å²) in [4.78, 5) is 4.44. The third-order valence-corrected chi connectivity index (χ3v) is 3.56. The summed E-state index contributed by atoms with van der Waals surface area (Å²) in [6, 6.07) is 8.17. The lowest BCUT2D eigenvalue weighted by Gasteiger charge is -2.00. The third kappa shape index (κ3) is 1.94. The molecule has 86 valence electrons. The van der Waals surface area contributed by atoms with Crippen LogP contribution in [0.1, 0.15) is 10.7 Å². The van der Waals surface area contributed by atoms with Gasteiger partial charge in [-0.25, -0.2) is 4.98 Å². The van der Waals surface area contributed by atoms with Gasteiger partial charge in [-0.1, -0.05) is 18.2 Å². The average molecular weight is 244 g/mol. The summed E-state index contributed by atoms with van der Waals surface area (Å²) >= 11 is 1.60. The van der Waals surface area contributed by atoms with E-state index in [1.165, 1.54) is 0 Å². The molecule has 17 heavy (non-hydrogen) atoms. The van der Waals surface area contributed by atoms with Crippen LogP contribution in [0.4, 0.5) is 0 Å². The number of hydrogen-bond acceptors (Lipinski definition) is 4. The van der Waals surface area contributed by atoms with Gasteiger partial charge in [0.15, 0.2) is 0 Å². The first kappa shape index (κ1) is 10.4. The van der Waals surface area contributed by atoms with Crippen LogP contribution in [0, 0.1) is 0 Å². The van der Waals surface area contributed by atoms with Gasteiger partial charge in [-0.3, -0.25) is 4.68 Å². The van der Waals surface area contributed by atoms with Crippen LogP contribution in [-0.4, -0.2) is 14.8 Å². The van der Waals surface area contributed by atoms with Gasteiger partial charge in [0.25, 0.3) is 0 Å². The van der Waals surface area contributed by atoms with E-state index in [0.717, 1.165) is 21.6 Å². The molecule has 3 rings (SSSR count). The lowest BCUT2D eigenvalue weighted by atomic mass is 10.2. The second-order valence-corrected chi connectivity index (χ2v) is 4.74. The fraction of sp³-hybridized carbons (Fsp3) is 0.167. The molecule has 3 aromatic rings. The Hall–Kier alpha value is -1.72. The van der Waals surface area contributed by atoms with Crippen LogP contribution in [0.2, 0.25) is 0 Å². The molecule has 0 saturated heterocycles. The van der Waals surface area contributed by atoms with Gasteiger partial charge in [0.2, 0.25) is 0 Å². The van der Waals surface area contributed by atoms with Crippen molar-refractivity contribution in [2.45, 2.75) is 13.1 Å². The summed E-state index contributed by atoms with van der Waals surface area (Å²) < 4.78 is 1.96. The molecule has 1 aromatic carbocycles. The van der Waals surface area contributed by atoms with Gasteiger partial charge in [-0.05, 0) is 6.07 Å². The second-order valence-electron chi connectivity index (χ2n) is 3.80. The summed E-state index contributed by atoms with van der Waals surface area (Å²) in [7, 11) is 0. The predicted octanol–water partition coefficient (Wildman–Crippen LogP) is 2.00. The van der Waals surface area contributed by atoms with E-state index in [-0.39, 0.29) is 0 Å². The van der Waals surface area contributed by atoms with Crippen molar-refractivity contribution in [2.75, 3.05) is 0 Å². The molecule has 0 unspecified atom stereocenters. The van der Waals surface area contributed by atoms with E-state index >= 15 is 0 Å². The Morgan fingerprint density at radius 3 is 3.00 bits per heavy atom. The first-order valence-electron chi connectivity index (χ1n) is 5.41. The van der Waals surface area contributed by atoms with Crippen LogP contribution >= 0.6 is 11.3 Å². The molecule has 2 heterocycles. The Bertz CT molecular complexity index is 641. The van der Waals surface area contributed by atoms with Crippen LogP contribution in [-0.2, 0) is 13.1 Å². The fourth-order valence-electron chi connectivity index (χ4n) is 1.82. The van der Waals surface area contributed by atoms with Gasteiger partial charge < -0.3 is 5.73 Å². The van der Waals surface area contributed by atoms with Gasteiger partial charge in [0, 0.05) is 17.3 Å². The molecule has 0 aliphatic rings. The summed E-state index contributed by atoms with van der Waals surface area (Å²) in [5.41, 5.74) is 7.70. The maximum Gasteiger partial charge on any atom is 0.107 e. The zero-order valence-electron chi connectivity index (χ0n) is 9.21. The molecule has 0 amide bonds. The number of rotatable bonds is 3. The molecular weight excluding hydrogens is 232 g/mol. The van der Waals surface area contributed by atoms with Gasteiger partial charge in [0.1, 0.15) is 5.01 Å². The van der Waals surface area contributed by atoms with Crippen LogP contribution < -0.4 is 5.73 Å². The van der Waals surface area contributed by atoms with Gasteiger partial charge in [-0.2, -0.15) is 5.10 Å². The molecule has 2 N–H and O–H groups in total. The SMILES string of the molecule is NCc1nc(Cn2ncc3ccccc32)cs1. The highest BCUT2D eigenvalue weighted by Crippen LogP contribution is 2.15. The summed E-state index contributed by atoms with van der Waals surface area (Å²) in [5.74, 6) is 0. The maximum atomic E-state index is 5.55.